The normalized spacial score (nSPS) is 15.7. The van der Waals surface area contributed by atoms with Gasteiger partial charge >= 0.3 is 5.97 Å². The molecule has 0 aromatic rings. The van der Waals surface area contributed by atoms with E-state index in [-0.39, 0.29) is 11.9 Å². The van der Waals surface area contributed by atoms with Gasteiger partial charge in [-0.1, -0.05) is 62.6 Å². The summed E-state index contributed by atoms with van der Waals surface area (Å²) in [5, 5.41) is 37.0. The first-order chi connectivity index (χ1) is 12.0. The molecule has 2 atom stereocenters. The number of hydrogen-bond acceptors (Lipinski definition) is 4. The number of aliphatic carboxylic acids is 1. The van der Waals surface area contributed by atoms with E-state index < -0.39 is 12.1 Å². The molecule has 0 unspecified atom stereocenters. The molecule has 0 aliphatic carbocycles. The zero-order chi connectivity index (χ0) is 18.9. The molecule has 0 bridgehead atoms. The van der Waals surface area contributed by atoms with Crippen LogP contribution in [-0.2, 0) is 4.79 Å². The van der Waals surface area contributed by atoms with Crippen LogP contribution in [0.4, 0.5) is 0 Å². The molecule has 5 nitrogen and oxygen atoms in total. The van der Waals surface area contributed by atoms with Crippen molar-refractivity contribution in [1.82, 2.24) is 0 Å². The maximum absolute atomic E-state index is 10.2. The van der Waals surface area contributed by atoms with Crippen LogP contribution in [0, 0.1) is 0 Å². The van der Waals surface area contributed by atoms with Gasteiger partial charge in [-0.25, -0.2) is 4.79 Å². The SMILES string of the molecule is CC[C@@H](O)CCCCC[C@@H](O)C=CC=CC=CC(O)=CC=CC(=O)O. The Hall–Kier alpha value is -2.11. The lowest BCUT2D eigenvalue weighted by Gasteiger charge is -2.08. The van der Waals surface area contributed by atoms with Crippen LogP contribution in [0.25, 0.3) is 0 Å². The molecule has 0 saturated carbocycles. The topological polar surface area (TPSA) is 98.0 Å². The van der Waals surface area contributed by atoms with Crippen LogP contribution in [-0.4, -0.2) is 38.6 Å². The number of rotatable bonds is 13. The van der Waals surface area contributed by atoms with Crippen LogP contribution >= 0.6 is 0 Å². The Labute approximate surface area is 150 Å². The summed E-state index contributed by atoms with van der Waals surface area (Å²) in [6, 6.07) is 0. The zero-order valence-corrected chi connectivity index (χ0v) is 14.8. The number of carboxylic acids is 1. The van der Waals surface area contributed by atoms with Crippen molar-refractivity contribution in [1.29, 1.82) is 0 Å². The quantitative estimate of drug-likeness (QED) is 0.175. The Balaban J connectivity index is 3.92. The number of allylic oxidation sites excluding steroid dienone is 7. The molecule has 0 fully saturated rings. The maximum atomic E-state index is 10.2. The van der Waals surface area contributed by atoms with Crippen molar-refractivity contribution in [2.75, 3.05) is 0 Å². The summed E-state index contributed by atoms with van der Waals surface area (Å²) in [4.78, 5) is 10.2. The molecule has 0 aromatic heterocycles. The van der Waals surface area contributed by atoms with Crippen molar-refractivity contribution in [3.8, 4) is 0 Å². The fourth-order valence-corrected chi connectivity index (χ4v) is 1.97. The van der Waals surface area contributed by atoms with Crippen LogP contribution in [0.15, 0.2) is 60.4 Å². The molecule has 0 amide bonds. The van der Waals surface area contributed by atoms with Gasteiger partial charge in [-0.2, -0.15) is 0 Å². The highest BCUT2D eigenvalue weighted by Gasteiger charge is 2.01. The highest BCUT2D eigenvalue weighted by molar-refractivity contribution is 5.80. The minimum atomic E-state index is -1.07. The second-order valence-corrected chi connectivity index (χ2v) is 5.69. The van der Waals surface area contributed by atoms with Gasteiger partial charge in [0.2, 0.25) is 0 Å². The lowest BCUT2D eigenvalue weighted by Crippen LogP contribution is -2.04. The summed E-state index contributed by atoms with van der Waals surface area (Å²) < 4.78 is 0. The van der Waals surface area contributed by atoms with E-state index >= 15 is 0 Å². The summed E-state index contributed by atoms with van der Waals surface area (Å²) in [7, 11) is 0. The van der Waals surface area contributed by atoms with E-state index in [4.69, 9.17) is 5.11 Å². The second-order valence-electron chi connectivity index (χ2n) is 5.69. The van der Waals surface area contributed by atoms with Crippen molar-refractivity contribution < 1.29 is 25.2 Å². The molecule has 0 aromatic carbocycles. The molecular formula is C20H30O5. The number of carbonyl (C=O) groups is 1. The molecule has 140 valence electrons. The van der Waals surface area contributed by atoms with Gasteiger partial charge in [0, 0.05) is 6.08 Å². The van der Waals surface area contributed by atoms with Gasteiger partial charge < -0.3 is 20.4 Å². The van der Waals surface area contributed by atoms with Crippen molar-refractivity contribution in [2.24, 2.45) is 0 Å². The summed E-state index contributed by atoms with van der Waals surface area (Å²) >= 11 is 0. The van der Waals surface area contributed by atoms with E-state index in [0.29, 0.717) is 6.42 Å². The standard InChI is InChI=1S/C20H30O5/c1-2-17(21)11-8-5-9-14-18(22)12-6-3-4-7-13-19(23)15-10-16-20(24)25/h3-4,6-7,10,12-13,15-18,21-23H,2,5,8-9,11,14H2,1H3,(H,24,25)/t17-,18+/m1/s1. The summed E-state index contributed by atoms with van der Waals surface area (Å²) in [5.74, 6) is -1.13. The predicted molar refractivity (Wildman–Crippen MR) is 100 cm³/mol. The van der Waals surface area contributed by atoms with Crippen LogP contribution < -0.4 is 0 Å². The third kappa shape index (κ3) is 16.5. The molecule has 4 N–H and O–H groups in total. The molecule has 25 heavy (non-hydrogen) atoms. The molecule has 0 rings (SSSR count). The van der Waals surface area contributed by atoms with Crippen LogP contribution in [0.2, 0.25) is 0 Å². The molecule has 0 aliphatic heterocycles. The number of hydrogen-bond donors (Lipinski definition) is 4. The predicted octanol–water partition coefficient (Wildman–Crippen LogP) is 3.82. The molecule has 0 spiro atoms. The lowest BCUT2D eigenvalue weighted by atomic mass is 10.1. The van der Waals surface area contributed by atoms with Crippen molar-refractivity contribution in [2.45, 2.75) is 57.7 Å². The van der Waals surface area contributed by atoms with Gasteiger partial charge in [0.05, 0.1) is 12.2 Å². The number of aliphatic hydroxyl groups is 3. The third-order valence-corrected chi connectivity index (χ3v) is 3.45. The summed E-state index contributed by atoms with van der Waals surface area (Å²) in [5.41, 5.74) is 0. The molecule has 0 aliphatic rings. The van der Waals surface area contributed by atoms with Crippen molar-refractivity contribution in [3.63, 3.8) is 0 Å². The Morgan fingerprint density at radius 1 is 0.880 bits per heavy atom. The van der Waals surface area contributed by atoms with Gasteiger partial charge in [-0.15, -0.1) is 0 Å². The minimum absolute atomic E-state index is 0.0562. The molecule has 0 saturated heterocycles. The monoisotopic (exact) mass is 350 g/mol. The number of aliphatic hydroxyl groups excluding tert-OH is 3. The van der Waals surface area contributed by atoms with Gasteiger partial charge in [-0.3, -0.25) is 0 Å². The molecule has 5 heteroatoms. The first-order valence-corrected chi connectivity index (χ1v) is 8.63. The van der Waals surface area contributed by atoms with E-state index in [1.165, 1.54) is 18.2 Å². The first-order valence-electron chi connectivity index (χ1n) is 8.63. The fraction of sp³-hybridized carbons (Fsp3) is 0.450. The molecular weight excluding hydrogens is 320 g/mol. The van der Waals surface area contributed by atoms with E-state index in [1.54, 1.807) is 30.4 Å². The maximum Gasteiger partial charge on any atom is 0.328 e. The Morgan fingerprint density at radius 3 is 2.24 bits per heavy atom. The molecule has 0 radical (unpaired) electrons. The first kappa shape index (κ1) is 22.9. The van der Waals surface area contributed by atoms with E-state index in [1.807, 2.05) is 6.92 Å². The van der Waals surface area contributed by atoms with Crippen molar-refractivity contribution >= 4 is 5.97 Å². The Morgan fingerprint density at radius 2 is 1.56 bits per heavy atom. The van der Waals surface area contributed by atoms with Gasteiger partial charge in [0.1, 0.15) is 5.76 Å². The average Bonchev–Trinajstić information content (AvgIpc) is 2.57. The van der Waals surface area contributed by atoms with Gasteiger partial charge in [0.15, 0.2) is 0 Å². The van der Waals surface area contributed by atoms with Gasteiger partial charge in [-0.05, 0) is 31.4 Å². The Bertz CT molecular complexity index is 500. The highest BCUT2D eigenvalue weighted by Crippen LogP contribution is 2.09. The fourth-order valence-electron chi connectivity index (χ4n) is 1.97. The summed E-state index contributed by atoms with van der Waals surface area (Å²) in [6.45, 7) is 1.97. The van der Waals surface area contributed by atoms with Crippen molar-refractivity contribution in [3.05, 3.63) is 60.4 Å². The third-order valence-electron chi connectivity index (χ3n) is 3.45. The highest BCUT2D eigenvalue weighted by atomic mass is 16.4. The van der Waals surface area contributed by atoms with Crippen LogP contribution in [0.5, 0.6) is 0 Å². The summed E-state index contributed by atoms with van der Waals surface area (Å²) in [6.07, 6.45) is 17.9. The Kier molecular flexibility index (Phi) is 14.1. The van der Waals surface area contributed by atoms with E-state index in [0.717, 1.165) is 38.2 Å². The number of carboxylic acid groups (broad SMARTS) is 1. The van der Waals surface area contributed by atoms with E-state index in [9.17, 15) is 20.1 Å². The molecule has 0 heterocycles. The smallest absolute Gasteiger partial charge is 0.328 e. The average molecular weight is 350 g/mol. The lowest BCUT2D eigenvalue weighted by molar-refractivity contribution is -0.131. The van der Waals surface area contributed by atoms with E-state index in [2.05, 4.69) is 0 Å². The van der Waals surface area contributed by atoms with Crippen LogP contribution in [0.3, 0.4) is 0 Å². The second kappa shape index (κ2) is 15.4. The largest absolute Gasteiger partial charge is 0.508 e. The zero-order valence-electron chi connectivity index (χ0n) is 14.8. The van der Waals surface area contributed by atoms with Gasteiger partial charge in [0.25, 0.3) is 0 Å². The van der Waals surface area contributed by atoms with Crippen LogP contribution in [0.1, 0.15) is 45.4 Å². The minimum Gasteiger partial charge on any atom is -0.508 e. The number of unbranched alkanes of at least 4 members (excludes halogenated alkanes) is 2.